The standard InChI is InChI=1S/C11H19NO2S/c1-2-7-12-8-9-15(13,14)10-11-5-3-4-6-11/h1,11-12H,3-10H2. The molecule has 0 heterocycles. The highest BCUT2D eigenvalue weighted by Crippen LogP contribution is 2.25. The van der Waals surface area contributed by atoms with Crippen LogP contribution in [0.25, 0.3) is 0 Å². The van der Waals surface area contributed by atoms with Crippen LogP contribution in [-0.2, 0) is 9.84 Å². The summed E-state index contributed by atoms with van der Waals surface area (Å²) in [6.45, 7) is 0.915. The van der Waals surface area contributed by atoms with Gasteiger partial charge >= 0.3 is 0 Å². The Labute approximate surface area is 92.6 Å². The fourth-order valence-corrected chi connectivity index (χ4v) is 3.68. The van der Waals surface area contributed by atoms with E-state index in [9.17, 15) is 8.42 Å². The lowest BCUT2D eigenvalue weighted by Gasteiger charge is -2.09. The molecule has 1 N–H and O–H groups in total. The van der Waals surface area contributed by atoms with Crippen LogP contribution in [0.2, 0.25) is 0 Å². The number of hydrogen-bond donors (Lipinski definition) is 1. The molecule has 0 saturated heterocycles. The van der Waals surface area contributed by atoms with E-state index in [1.54, 1.807) is 0 Å². The second-order valence-electron chi connectivity index (χ2n) is 4.15. The van der Waals surface area contributed by atoms with Crippen LogP contribution < -0.4 is 5.32 Å². The first-order valence-electron chi connectivity index (χ1n) is 5.48. The predicted octanol–water partition coefficient (Wildman–Crippen LogP) is 0.814. The number of rotatable bonds is 6. The molecule has 0 atom stereocenters. The van der Waals surface area contributed by atoms with Gasteiger partial charge in [-0.25, -0.2) is 8.42 Å². The van der Waals surface area contributed by atoms with Gasteiger partial charge in [0.2, 0.25) is 0 Å². The molecule has 0 radical (unpaired) electrons. The number of hydrogen-bond acceptors (Lipinski definition) is 3. The zero-order valence-electron chi connectivity index (χ0n) is 9.04. The Hall–Kier alpha value is -0.530. The molecule has 1 saturated carbocycles. The molecule has 0 unspecified atom stereocenters. The minimum atomic E-state index is -2.88. The Morgan fingerprint density at radius 2 is 2.00 bits per heavy atom. The van der Waals surface area contributed by atoms with E-state index in [0.29, 0.717) is 24.8 Å². The molecule has 1 rings (SSSR count). The van der Waals surface area contributed by atoms with Crippen LogP contribution in [-0.4, -0.2) is 33.0 Å². The van der Waals surface area contributed by atoms with E-state index < -0.39 is 9.84 Å². The van der Waals surface area contributed by atoms with Crippen LogP contribution in [0.3, 0.4) is 0 Å². The molecule has 4 heteroatoms. The third-order valence-corrected chi connectivity index (χ3v) is 4.59. The van der Waals surface area contributed by atoms with Gasteiger partial charge in [0.15, 0.2) is 9.84 Å². The molecule has 0 aromatic carbocycles. The Bertz CT molecular complexity index is 310. The molecule has 3 nitrogen and oxygen atoms in total. The second kappa shape index (κ2) is 6.14. The predicted molar refractivity (Wildman–Crippen MR) is 62.3 cm³/mol. The maximum atomic E-state index is 11.7. The van der Waals surface area contributed by atoms with Gasteiger partial charge in [-0.1, -0.05) is 18.8 Å². The molecular weight excluding hydrogens is 210 g/mol. The van der Waals surface area contributed by atoms with Crippen molar-refractivity contribution in [1.29, 1.82) is 0 Å². The van der Waals surface area contributed by atoms with Gasteiger partial charge in [0.05, 0.1) is 18.1 Å². The number of sulfone groups is 1. The van der Waals surface area contributed by atoms with Crippen LogP contribution in [0.4, 0.5) is 0 Å². The van der Waals surface area contributed by atoms with E-state index >= 15 is 0 Å². The first kappa shape index (κ1) is 12.5. The second-order valence-corrected chi connectivity index (χ2v) is 6.37. The van der Waals surface area contributed by atoms with Gasteiger partial charge in [0.25, 0.3) is 0 Å². The third-order valence-electron chi connectivity index (χ3n) is 2.78. The molecule has 1 fully saturated rings. The summed E-state index contributed by atoms with van der Waals surface area (Å²) in [5.74, 6) is 3.41. The van der Waals surface area contributed by atoms with Gasteiger partial charge in [-0.05, 0) is 18.8 Å². The smallest absolute Gasteiger partial charge is 0.151 e. The van der Waals surface area contributed by atoms with Crippen LogP contribution in [0.5, 0.6) is 0 Å². The van der Waals surface area contributed by atoms with Crippen molar-refractivity contribution < 1.29 is 8.42 Å². The average molecular weight is 229 g/mol. The monoisotopic (exact) mass is 229 g/mol. The molecule has 1 aliphatic carbocycles. The van der Waals surface area contributed by atoms with Gasteiger partial charge in [0.1, 0.15) is 0 Å². The first-order valence-corrected chi connectivity index (χ1v) is 7.31. The molecule has 15 heavy (non-hydrogen) atoms. The SMILES string of the molecule is C#CCNCCS(=O)(=O)CC1CCCC1. The molecule has 0 aromatic heterocycles. The summed E-state index contributed by atoms with van der Waals surface area (Å²) in [7, 11) is -2.88. The van der Waals surface area contributed by atoms with Crippen molar-refractivity contribution in [2.45, 2.75) is 25.7 Å². The van der Waals surface area contributed by atoms with Crippen LogP contribution >= 0.6 is 0 Å². The lowest BCUT2D eigenvalue weighted by molar-refractivity contribution is 0.557. The maximum Gasteiger partial charge on any atom is 0.151 e. The average Bonchev–Trinajstić information content (AvgIpc) is 2.64. The minimum absolute atomic E-state index is 0.213. The fourth-order valence-electron chi connectivity index (χ4n) is 2.01. The molecule has 0 aliphatic heterocycles. The highest BCUT2D eigenvalue weighted by molar-refractivity contribution is 7.91. The van der Waals surface area contributed by atoms with Crippen LogP contribution in [0.1, 0.15) is 25.7 Å². The van der Waals surface area contributed by atoms with Crippen molar-refractivity contribution in [3.8, 4) is 12.3 Å². The summed E-state index contributed by atoms with van der Waals surface area (Å²) in [5, 5.41) is 2.90. The summed E-state index contributed by atoms with van der Waals surface area (Å²) in [6, 6.07) is 0. The number of terminal acetylenes is 1. The third kappa shape index (κ3) is 5.19. The minimum Gasteiger partial charge on any atom is -0.305 e. The number of nitrogens with one attached hydrogen (secondary N) is 1. The quantitative estimate of drug-likeness (QED) is 0.541. The molecule has 1 aliphatic rings. The van der Waals surface area contributed by atoms with Gasteiger partial charge < -0.3 is 5.32 Å². The summed E-state index contributed by atoms with van der Waals surface area (Å²) in [6.07, 6.45) is 9.59. The highest BCUT2D eigenvalue weighted by atomic mass is 32.2. The Morgan fingerprint density at radius 3 is 2.60 bits per heavy atom. The summed E-state index contributed by atoms with van der Waals surface area (Å²) < 4.78 is 23.3. The molecule has 86 valence electrons. The van der Waals surface area contributed by atoms with E-state index in [-0.39, 0.29) is 5.75 Å². The zero-order chi connectivity index (χ0) is 11.1. The molecule has 0 spiro atoms. The van der Waals surface area contributed by atoms with Gasteiger partial charge in [-0.2, -0.15) is 0 Å². The Morgan fingerprint density at radius 1 is 1.33 bits per heavy atom. The molecule has 0 aromatic rings. The first-order chi connectivity index (χ1) is 7.14. The Kier molecular flexibility index (Phi) is 5.13. The van der Waals surface area contributed by atoms with Crippen LogP contribution in [0.15, 0.2) is 0 Å². The highest BCUT2D eigenvalue weighted by Gasteiger charge is 2.21. The maximum absolute atomic E-state index is 11.7. The summed E-state index contributed by atoms with van der Waals surface area (Å²) in [5.41, 5.74) is 0. The van der Waals surface area contributed by atoms with Crippen LogP contribution in [0, 0.1) is 18.3 Å². The van der Waals surface area contributed by atoms with Crippen molar-refractivity contribution in [1.82, 2.24) is 5.32 Å². The molecule has 0 amide bonds. The van der Waals surface area contributed by atoms with E-state index in [0.717, 1.165) is 12.8 Å². The largest absolute Gasteiger partial charge is 0.305 e. The lowest BCUT2D eigenvalue weighted by atomic mass is 10.1. The topological polar surface area (TPSA) is 46.2 Å². The summed E-state index contributed by atoms with van der Waals surface area (Å²) in [4.78, 5) is 0. The molecular formula is C11H19NO2S. The Balaban J connectivity index is 2.22. The zero-order valence-corrected chi connectivity index (χ0v) is 9.85. The van der Waals surface area contributed by atoms with E-state index in [1.165, 1.54) is 12.8 Å². The van der Waals surface area contributed by atoms with E-state index in [4.69, 9.17) is 6.42 Å². The van der Waals surface area contributed by atoms with Gasteiger partial charge in [0, 0.05) is 6.54 Å². The van der Waals surface area contributed by atoms with Crippen molar-refractivity contribution >= 4 is 9.84 Å². The van der Waals surface area contributed by atoms with Crippen molar-refractivity contribution in [3.05, 3.63) is 0 Å². The van der Waals surface area contributed by atoms with E-state index in [2.05, 4.69) is 11.2 Å². The molecule has 0 bridgehead atoms. The van der Waals surface area contributed by atoms with Crippen molar-refractivity contribution in [3.63, 3.8) is 0 Å². The van der Waals surface area contributed by atoms with Crippen molar-refractivity contribution in [2.24, 2.45) is 5.92 Å². The normalized spacial score (nSPS) is 17.8. The summed E-state index contributed by atoms with van der Waals surface area (Å²) >= 11 is 0. The van der Waals surface area contributed by atoms with E-state index in [1.807, 2.05) is 0 Å². The lowest BCUT2D eigenvalue weighted by Crippen LogP contribution is -2.26. The van der Waals surface area contributed by atoms with Gasteiger partial charge in [-0.3, -0.25) is 0 Å². The van der Waals surface area contributed by atoms with Gasteiger partial charge in [-0.15, -0.1) is 6.42 Å². The fraction of sp³-hybridized carbons (Fsp3) is 0.818. The van der Waals surface area contributed by atoms with Crippen molar-refractivity contribution in [2.75, 3.05) is 24.6 Å².